The van der Waals surface area contributed by atoms with Crippen molar-refractivity contribution in [2.24, 2.45) is 0 Å². The van der Waals surface area contributed by atoms with E-state index in [0.29, 0.717) is 6.42 Å². The third-order valence-electron chi connectivity index (χ3n) is 0.498. The number of rotatable bonds is 1. The Morgan fingerprint density at radius 3 is 1.75 bits per heavy atom. The Morgan fingerprint density at radius 2 is 1.75 bits per heavy atom. The van der Waals surface area contributed by atoms with Crippen molar-refractivity contribution in [3.05, 3.63) is 0 Å². The molecule has 0 aliphatic heterocycles. The molecule has 8 heavy (non-hydrogen) atoms. The zero-order valence-corrected chi connectivity index (χ0v) is 5.60. The summed E-state index contributed by atoms with van der Waals surface area (Å²) in [5.41, 5.74) is 0. The number of hydrogen-bond donors (Lipinski definition) is 0. The van der Waals surface area contributed by atoms with Crippen molar-refractivity contribution in [3.8, 4) is 0 Å². The van der Waals surface area contributed by atoms with Crippen molar-refractivity contribution in [2.45, 2.75) is 27.2 Å². The maximum absolute atomic E-state index is 9.81. The molecule has 0 rings (SSSR count). The first-order chi connectivity index (χ1) is 3.68. The lowest BCUT2D eigenvalue weighted by Gasteiger charge is -1.71. The van der Waals surface area contributed by atoms with Crippen LogP contribution >= 0.6 is 0 Å². The molecular weight excluding hydrogens is 104 g/mol. The lowest BCUT2D eigenvalue weighted by atomic mass is 10.4. The van der Waals surface area contributed by atoms with Crippen LogP contribution in [-0.4, -0.2) is 12.1 Å². The van der Waals surface area contributed by atoms with Crippen molar-refractivity contribution in [3.63, 3.8) is 0 Å². The van der Waals surface area contributed by atoms with Crippen LogP contribution in [0, 0.1) is 0 Å². The smallest absolute Gasteiger partial charge is 0.129 e. The van der Waals surface area contributed by atoms with Crippen LogP contribution in [0.5, 0.6) is 0 Å². The number of Topliss-reactive ketones (excluding diaryl/α,β-unsaturated/α-hetero) is 1. The first-order valence-electron chi connectivity index (χ1n) is 2.58. The first-order valence-corrected chi connectivity index (χ1v) is 2.58. The third kappa shape index (κ3) is 56.0. The van der Waals surface area contributed by atoms with Gasteiger partial charge in [-0.15, -0.1) is 0 Å². The van der Waals surface area contributed by atoms with Gasteiger partial charge < -0.3 is 9.59 Å². The summed E-state index contributed by atoms with van der Waals surface area (Å²) in [6.07, 6.45) is 1.42. The van der Waals surface area contributed by atoms with Crippen molar-refractivity contribution in [1.29, 1.82) is 0 Å². The number of aldehydes is 1. The fourth-order valence-electron chi connectivity index (χ4n) is 0. The van der Waals surface area contributed by atoms with Crippen molar-refractivity contribution in [1.82, 2.24) is 0 Å². The lowest BCUT2D eigenvalue weighted by molar-refractivity contribution is -0.116. The fourth-order valence-corrected chi connectivity index (χ4v) is 0. The van der Waals surface area contributed by atoms with E-state index in [1.54, 1.807) is 6.92 Å². The predicted octanol–water partition coefficient (Wildman–Crippen LogP) is 1.19. The number of carbonyl (C=O) groups excluding carboxylic acids is 2. The molecule has 0 radical (unpaired) electrons. The number of ketones is 1. The summed E-state index contributed by atoms with van der Waals surface area (Å²) in [4.78, 5) is 18.6. The zero-order chi connectivity index (χ0) is 6.99. The van der Waals surface area contributed by atoms with Crippen LogP contribution in [0.1, 0.15) is 27.2 Å². The minimum atomic E-state index is 0.255. The van der Waals surface area contributed by atoms with Gasteiger partial charge in [-0.3, -0.25) is 0 Å². The summed E-state index contributed by atoms with van der Waals surface area (Å²) >= 11 is 0. The molecule has 0 N–H and O–H groups in total. The normalized spacial score (nSPS) is 6.38. The van der Waals surface area contributed by atoms with Crippen LogP contribution in [0.2, 0.25) is 0 Å². The number of carbonyl (C=O) groups is 2. The van der Waals surface area contributed by atoms with Gasteiger partial charge in [0.05, 0.1) is 0 Å². The topological polar surface area (TPSA) is 34.1 Å². The van der Waals surface area contributed by atoms with Crippen molar-refractivity contribution < 1.29 is 9.59 Å². The molecule has 0 saturated carbocycles. The van der Waals surface area contributed by atoms with E-state index in [2.05, 4.69) is 0 Å². The summed E-state index contributed by atoms with van der Waals surface area (Å²) in [6, 6.07) is 0. The van der Waals surface area contributed by atoms with Crippen molar-refractivity contribution >= 4 is 12.1 Å². The van der Waals surface area contributed by atoms with Gasteiger partial charge >= 0.3 is 0 Å². The molecule has 0 heterocycles. The molecule has 2 heteroatoms. The molecule has 0 fully saturated rings. The van der Waals surface area contributed by atoms with E-state index < -0.39 is 0 Å². The molecule has 0 spiro atoms. The summed E-state index contributed by atoms with van der Waals surface area (Å²) in [5.74, 6) is 0.255. The van der Waals surface area contributed by atoms with E-state index in [-0.39, 0.29) is 5.78 Å². The van der Waals surface area contributed by atoms with Crippen molar-refractivity contribution in [2.75, 3.05) is 0 Å². The van der Waals surface area contributed by atoms with E-state index in [1.807, 2.05) is 6.92 Å². The van der Waals surface area contributed by atoms with E-state index in [4.69, 9.17) is 4.79 Å². The standard InChI is InChI=1S/C4H8O.C2H4O/c1-3-4(2)5;1-2-3/h3H2,1-2H3;2H,1H3. The highest BCUT2D eigenvalue weighted by atomic mass is 16.1. The predicted molar refractivity (Wildman–Crippen MR) is 32.7 cm³/mol. The Kier molecular flexibility index (Phi) is 12.4. The first kappa shape index (κ1) is 10.3. The van der Waals surface area contributed by atoms with Gasteiger partial charge in [0.25, 0.3) is 0 Å². The SMILES string of the molecule is CC=O.CCC(C)=O. The number of hydrogen-bond acceptors (Lipinski definition) is 2. The fraction of sp³-hybridized carbons (Fsp3) is 0.667. The van der Waals surface area contributed by atoms with Gasteiger partial charge in [0, 0.05) is 6.42 Å². The second-order valence-electron chi connectivity index (χ2n) is 1.29. The van der Waals surface area contributed by atoms with Gasteiger partial charge in [-0.2, -0.15) is 0 Å². The van der Waals surface area contributed by atoms with Crippen LogP contribution in [0.15, 0.2) is 0 Å². The highest BCUT2D eigenvalue weighted by molar-refractivity contribution is 5.74. The molecule has 0 aliphatic carbocycles. The third-order valence-corrected chi connectivity index (χ3v) is 0.498. The maximum atomic E-state index is 9.81. The van der Waals surface area contributed by atoms with Crippen LogP contribution in [0.4, 0.5) is 0 Å². The van der Waals surface area contributed by atoms with E-state index in [1.165, 1.54) is 6.92 Å². The van der Waals surface area contributed by atoms with Gasteiger partial charge in [-0.25, -0.2) is 0 Å². The molecule has 0 aliphatic rings. The molecular formula is C6H12O2. The van der Waals surface area contributed by atoms with E-state index in [0.717, 1.165) is 6.29 Å². The van der Waals surface area contributed by atoms with E-state index >= 15 is 0 Å². The molecule has 0 aromatic carbocycles. The highest BCUT2D eigenvalue weighted by Crippen LogP contribution is 1.71. The molecule has 0 bridgehead atoms. The van der Waals surface area contributed by atoms with Crippen LogP contribution in [0.3, 0.4) is 0 Å². The van der Waals surface area contributed by atoms with Crippen LogP contribution in [-0.2, 0) is 9.59 Å². The molecule has 0 atom stereocenters. The molecule has 0 aromatic rings. The molecule has 0 aromatic heterocycles. The van der Waals surface area contributed by atoms with Crippen LogP contribution < -0.4 is 0 Å². The monoisotopic (exact) mass is 116 g/mol. The Morgan fingerprint density at radius 1 is 1.62 bits per heavy atom. The molecule has 0 unspecified atom stereocenters. The quantitative estimate of drug-likeness (QED) is 0.482. The highest BCUT2D eigenvalue weighted by Gasteiger charge is 1.76. The van der Waals surface area contributed by atoms with Gasteiger partial charge in [0.2, 0.25) is 0 Å². The molecule has 0 amide bonds. The summed E-state index contributed by atoms with van der Waals surface area (Å²) in [5, 5.41) is 0. The largest absolute Gasteiger partial charge is 0.304 e. The van der Waals surface area contributed by atoms with Gasteiger partial charge in [0.1, 0.15) is 12.1 Å². The second kappa shape index (κ2) is 9.60. The maximum Gasteiger partial charge on any atom is 0.129 e. The second-order valence-corrected chi connectivity index (χ2v) is 1.29. The Balaban J connectivity index is 0. The molecule has 0 saturated heterocycles. The Hall–Kier alpha value is -0.660. The summed E-state index contributed by atoms with van der Waals surface area (Å²) in [7, 11) is 0. The minimum absolute atomic E-state index is 0.255. The summed E-state index contributed by atoms with van der Waals surface area (Å²) in [6.45, 7) is 4.88. The van der Waals surface area contributed by atoms with Gasteiger partial charge in [-0.05, 0) is 13.8 Å². The molecule has 2 nitrogen and oxygen atoms in total. The van der Waals surface area contributed by atoms with Crippen LogP contribution in [0.25, 0.3) is 0 Å². The minimum Gasteiger partial charge on any atom is -0.304 e. The molecule has 48 valence electrons. The average molecular weight is 116 g/mol. The van der Waals surface area contributed by atoms with Gasteiger partial charge in [-0.1, -0.05) is 6.92 Å². The van der Waals surface area contributed by atoms with Gasteiger partial charge in [0.15, 0.2) is 0 Å². The Bertz CT molecular complexity index is 66.9. The zero-order valence-electron chi connectivity index (χ0n) is 5.60. The average Bonchev–Trinajstić information content (AvgIpc) is 1.69. The lowest BCUT2D eigenvalue weighted by Crippen LogP contribution is -1.80. The van der Waals surface area contributed by atoms with E-state index in [9.17, 15) is 4.79 Å². The Labute approximate surface area is 49.9 Å². The summed E-state index contributed by atoms with van der Waals surface area (Å²) < 4.78 is 0.